The zero-order valence-electron chi connectivity index (χ0n) is 19.1. The van der Waals surface area contributed by atoms with E-state index in [1.54, 1.807) is 4.90 Å². The van der Waals surface area contributed by atoms with Gasteiger partial charge in [-0.05, 0) is 28.8 Å². The number of morpholine rings is 1. The fourth-order valence-electron chi connectivity index (χ4n) is 4.37. The maximum Gasteiger partial charge on any atom is 0.233 e. The molecule has 0 saturated carbocycles. The highest BCUT2D eigenvalue weighted by molar-refractivity contribution is 7.22. The SMILES string of the molecule is Cl.O=C(Cc1cccc2ccccc12)N(CCCN1CCOCC1)c1nc2c(F)cc(F)cc2s1. The molecule has 9 heteroatoms. The summed E-state index contributed by atoms with van der Waals surface area (Å²) in [7, 11) is 0. The first kappa shape index (κ1) is 25.4. The van der Waals surface area contributed by atoms with Crippen molar-refractivity contribution in [2.75, 3.05) is 44.3 Å². The first-order chi connectivity index (χ1) is 16.6. The molecule has 1 fully saturated rings. The molecular weight excluding hydrogens is 492 g/mol. The Morgan fingerprint density at radius 3 is 2.69 bits per heavy atom. The molecule has 1 aliphatic rings. The lowest BCUT2D eigenvalue weighted by Crippen LogP contribution is -2.39. The van der Waals surface area contributed by atoms with Crippen molar-refractivity contribution in [1.29, 1.82) is 0 Å². The molecule has 4 aromatic rings. The predicted molar refractivity (Wildman–Crippen MR) is 139 cm³/mol. The molecule has 0 unspecified atom stereocenters. The van der Waals surface area contributed by atoms with E-state index < -0.39 is 11.6 Å². The third-order valence-corrected chi connectivity index (χ3v) is 7.14. The van der Waals surface area contributed by atoms with Gasteiger partial charge < -0.3 is 4.74 Å². The summed E-state index contributed by atoms with van der Waals surface area (Å²) in [5, 5.41) is 2.50. The van der Waals surface area contributed by atoms with Gasteiger partial charge in [-0.15, -0.1) is 12.4 Å². The van der Waals surface area contributed by atoms with E-state index in [1.807, 2.05) is 42.5 Å². The number of aromatic nitrogens is 1. The van der Waals surface area contributed by atoms with E-state index in [0.29, 0.717) is 29.6 Å². The van der Waals surface area contributed by atoms with Gasteiger partial charge in [-0.1, -0.05) is 53.8 Å². The largest absolute Gasteiger partial charge is 0.379 e. The summed E-state index contributed by atoms with van der Waals surface area (Å²) in [6.07, 6.45) is 0.944. The lowest BCUT2D eigenvalue weighted by Gasteiger charge is -2.27. The van der Waals surface area contributed by atoms with Crippen LogP contribution in [-0.2, 0) is 16.0 Å². The quantitative estimate of drug-likeness (QED) is 0.327. The zero-order valence-corrected chi connectivity index (χ0v) is 20.7. The van der Waals surface area contributed by atoms with Crippen LogP contribution in [0.25, 0.3) is 21.0 Å². The van der Waals surface area contributed by atoms with Crippen molar-refractivity contribution in [2.24, 2.45) is 0 Å². The monoisotopic (exact) mass is 517 g/mol. The molecule has 0 radical (unpaired) electrons. The van der Waals surface area contributed by atoms with Gasteiger partial charge in [-0.2, -0.15) is 0 Å². The van der Waals surface area contributed by atoms with E-state index in [4.69, 9.17) is 4.74 Å². The van der Waals surface area contributed by atoms with Gasteiger partial charge in [0.25, 0.3) is 0 Å². The smallest absolute Gasteiger partial charge is 0.233 e. The van der Waals surface area contributed by atoms with Crippen molar-refractivity contribution in [3.05, 3.63) is 71.8 Å². The topological polar surface area (TPSA) is 45.7 Å². The Morgan fingerprint density at radius 1 is 1.09 bits per heavy atom. The third kappa shape index (κ3) is 5.78. The number of carbonyl (C=O) groups is 1. The van der Waals surface area contributed by atoms with Crippen LogP contribution in [0.5, 0.6) is 0 Å². The number of rotatable bonds is 7. The van der Waals surface area contributed by atoms with E-state index in [2.05, 4.69) is 9.88 Å². The number of hydrogen-bond acceptors (Lipinski definition) is 5. The number of anilines is 1. The number of hydrogen-bond donors (Lipinski definition) is 0. The molecule has 0 N–H and O–H groups in total. The standard InChI is InChI=1S/C26H25F2N3O2S.ClH/c27-20-16-22(28)25-23(17-20)34-26(29-25)31(10-4-9-30-11-13-33-14-12-30)24(32)15-19-7-3-6-18-5-1-2-8-21(18)19;/h1-3,5-8,16-17H,4,9-15H2;1H. The molecule has 1 saturated heterocycles. The van der Waals surface area contributed by atoms with Crippen LogP contribution in [0.1, 0.15) is 12.0 Å². The Kier molecular flexibility index (Phi) is 8.28. The minimum absolute atomic E-state index is 0. The van der Waals surface area contributed by atoms with Gasteiger partial charge in [0, 0.05) is 32.2 Å². The Morgan fingerprint density at radius 2 is 1.86 bits per heavy atom. The summed E-state index contributed by atoms with van der Waals surface area (Å²) in [4.78, 5) is 21.9. The Bertz CT molecular complexity index is 1320. The van der Waals surface area contributed by atoms with Crippen molar-refractivity contribution in [3.63, 3.8) is 0 Å². The van der Waals surface area contributed by atoms with Gasteiger partial charge in [0.1, 0.15) is 11.3 Å². The first-order valence-electron chi connectivity index (χ1n) is 11.4. The summed E-state index contributed by atoms with van der Waals surface area (Å²) in [5.74, 6) is -1.48. The molecule has 3 aromatic carbocycles. The maximum atomic E-state index is 14.3. The lowest BCUT2D eigenvalue weighted by molar-refractivity contribution is -0.118. The molecule has 2 heterocycles. The van der Waals surface area contributed by atoms with Crippen LogP contribution >= 0.6 is 23.7 Å². The van der Waals surface area contributed by atoms with Gasteiger partial charge in [0.2, 0.25) is 5.91 Å². The minimum atomic E-state index is -0.715. The molecular formula is C26H26ClF2N3O2S. The van der Waals surface area contributed by atoms with E-state index in [9.17, 15) is 13.6 Å². The van der Waals surface area contributed by atoms with E-state index in [1.165, 1.54) is 6.07 Å². The highest BCUT2D eigenvalue weighted by atomic mass is 35.5. The highest BCUT2D eigenvalue weighted by Crippen LogP contribution is 2.32. The minimum Gasteiger partial charge on any atom is -0.379 e. The normalized spacial score (nSPS) is 14.2. The number of nitrogens with zero attached hydrogens (tertiary/aromatic N) is 3. The number of thiazole rings is 1. The van der Waals surface area contributed by atoms with Gasteiger partial charge in [-0.25, -0.2) is 13.8 Å². The third-order valence-electron chi connectivity index (χ3n) is 6.12. The number of ether oxygens (including phenoxy) is 1. The predicted octanol–water partition coefficient (Wildman–Crippen LogP) is 5.45. The van der Waals surface area contributed by atoms with E-state index in [-0.39, 0.29) is 30.3 Å². The second-order valence-corrected chi connectivity index (χ2v) is 9.41. The second-order valence-electron chi connectivity index (χ2n) is 8.40. The van der Waals surface area contributed by atoms with Crippen LogP contribution in [0.2, 0.25) is 0 Å². The molecule has 184 valence electrons. The van der Waals surface area contributed by atoms with E-state index >= 15 is 0 Å². The number of carbonyl (C=O) groups excluding carboxylic acids is 1. The van der Waals surface area contributed by atoms with Crippen LogP contribution < -0.4 is 4.90 Å². The Hall–Kier alpha value is -2.65. The molecule has 35 heavy (non-hydrogen) atoms. The number of halogens is 3. The average molecular weight is 518 g/mol. The number of fused-ring (bicyclic) bond motifs is 2. The molecule has 1 aliphatic heterocycles. The zero-order chi connectivity index (χ0) is 23.5. The summed E-state index contributed by atoms with van der Waals surface area (Å²) in [6, 6.07) is 16.0. The highest BCUT2D eigenvalue weighted by Gasteiger charge is 2.22. The molecule has 5 nitrogen and oxygen atoms in total. The van der Waals surface area contributed by atoms with Crippen molar-refractivity contribution >= 4 is 55.8 Å². The molecule has 0 atom stereocenters. The average Bonchev–Trinajstić information content (AvgIpc) is 3.26. The van der Waals surface area contributed by atoms with Crippen LogP contribution in [0.4, 0.5) is 13.9 Å². The lowest BCUT2D eigenvalue weighted by atomic mass is 10.0. The van der Waals surface area contributed by atoms with Crippen LogP contribution in [0.15, 0.2) is 54.6 Å². The molecule has 1 amide bonds. The van der Waals surface area contributed by atoms with Gasteiger partial charge in [0.15, 0.2) is 10.9 Å². The van der Waals surface area contributed by atoms with Gasteiger partial charge >= 0.3 is 0 Å². The number of benzene rings is 3. The summed E-state index contributed by atoms with van der Waals surface area (Å²) in [5.41, 5.74) is 1.03. The number of amides is 1. The molecule has 0 aliphatic carbocycles. The van der Waals surface area contributed by atoms with Crippen LogP contribution in [-0.4, -0.2) is 55.2 Å². The summed E-state index contributed by atoms with van der Waals surface area (Å²) < 4.78 is 33.9. The summed E-state index contributed by atoms with van der Waals surface area (Å²) in [6.45, 7) is 4.45. The Labute approximate surface area is 212 Å². The summed E-state index contributed by atoms with van der Waals surface area (Å²) >= 11 is 1.14. The van der Waals surface area contributed by atoms with Crippen molar-refractivity contribution in [2.45, 2.75) is 12.8 Å². The van der Waals surface area contributed by atoms with Crippen molar-refractivity contribution in [3.8, 4) is 0 Å². The fraction of sp³-hybridized carbons (Fsp3) is 0.308. The van der Waals surface area contributed by atoms with Crippen LogP contribution in [0, 0.1) is 11.6 Å². The molecule has 0 spiro atoms. The Balaban J connectivity index is 0.00000289. The van der Waals surface area contributed by atoms with Gasteiger partial charge in [-0.3, -0.25) is 14.6 Å². The van der Waals surface area contributed by atoms with Crippen molar-refractivity contribution < 1.29 is 18.3 Å². The van der Waals surface area contributed by atoms with Crippen molar-refractivity contribution in [1.82, 2.24) is 9.88 Å². The van der Waals surface area contributed by atoms with E-state index in [0.717, 1.165) is 59.8 Å². The molecule has 1 aromatic heterocycles. The maximum absolute atomic E-state index is 14.3. The van der Waals surface area contributed by atoms with Gasteiger partial charge in [0.05, 0.1) is 24.3 Å². The molecule has 0 bridgehead atoms. The molecule has 5 rings (SSSR count). The van der Waals surface area contributed by atoms with Crippen LogP contribution in [0.3, 0.4) is 0 Å². The fourth-order valence-corrected chi connectivity index (χ4v) is 5.42. The second kappa shape index (κ2) is 11.4. The first-order valence-corrected chi connectivity index (χ1v) is 12.2.